The van der Waals surface area contributed by atoms with Crippen molar-refractivity contribution in [2.45, 2.75) is 39.3 Å². The molecule has 3 N–H and O–H groups in total. The van der Waals surface area contributed by atoms with Crippen LogP contribution in [0.2, 0.25) is 0 Å². The zero-order valence-electron chi connectivity index (χ0n) is 15.0. The van der Waals surface area contributed by atoms with Crippen LogP contribution < -0.4 is 11.1 Å². The molecule has 6 heteroatoms. The first kappa shape index (κ1) is 20.5. The van der Waals surface area contributed by atoms with E-state index in [9.17, 15) is 9.18 Å². The average molecular weight is 340 g/mol. The van der Waals surface area contributed by atoms with Gasteiger partial charge in [0, 0.05) is 30.3 Å². The first-order chi connectivity index (χ1) is 11.3. The van der Waals surface area contributed by atoms with Crippen molar-refractivity contribution in [3.8, 4) is 0 Å². The highest BCUT2D eigenvalue weighted by Gasteiger charge is 2.26. The van der Waals surface area contributed by atoms with E-state index in [1.807, 2.05) is 6.92 Å². The van der Waals surface area contributed by atoms with E-state index in [4.69, 9.17) is 15.2 Å². The molecule has 24 heavy (non-hydrogen) atoms. The summed E-state index contributed by atoms with van der Waals surface area (Å²) in [6.45, 7) is 7.31. The van der Waals surface area contributed by atoms with Gasteiger partial charge in [-0.15, -0.1) is 0 Å². The summed E-state index contributed by atoms with van der Waals surface area (Å²) in [6, 6.07) is 4.27. The Morgan fingerprint density at radius 3 is 2.67 bits per heavy atom. The summed E-state index contributed by atoms with van der Waals surface area (Å²) < 4.78 is 24.1. The highest BCUT2D eigenvalue weighted by Crippen LogP contribution is 2.17. The van der Waals surface area contributed by atoms with Crippen LogP contribution in [0.3, 0.4) is 0 Å². The number of nitrogens with one attached hydrogen (secondary N) is 1. The van der Waals surface area contributed by atoms with Gasteiger partial charge in [0.2, 0.25) is 0 Å². The lowest BCUT2D eigenvalue weighted by atomic mass is 9.90. The second kappa shape index (κ2) is 9.71. The third-order valence-electron chi connectivity index (χ3n) is 3.72. The quantitative estimate of drug-likeness (QED) is 0.642. The van der Waals surface area contributed by atoms with Gasteiger partial charge in [-0.05, 0) is 37.5 Å². The van der Waals surface area contributed by atoms with E-state index in [0.717, 1.165) is 6.42 Å². The van der Waals surface area contributed by atoms with Crippen molar-refractivity contribution in [3.63, 3.8) is 0 Å². The molecule has 0 aliphatic carbocycles. The van der Waals surface area contributed by atoms with Crippen LogP contribution in [0.1, 0.15) is 43.1 Å². The van der Waals surface area contributed by atoms with Gasteiger partial charge in [-0.25, -0.2) is 4.39 Å². The molecule has 1 unspecified atom stereocenters. The molecular formula is C18H29FN2O3. The molecule has 0 aliphatic heterocycles. The number of amides is 1. The van der Waals surface area contributed by atoms with Gasteiger partial charge in [0.05, 0.1) is 19.8 Å². The summed E-state index contributed by atoms with van der Waals surface area (Å²) in [7, 11) is 1.57. The Hall–Kier alpha value is -1.50. The second-order valence-corrected chi connectivity index (χ2v) is 6.67. The molecule has 136 valence electrons. The molecule has 0 aliphatic rings. The molecule has 0 fully saturated rings. The minimum absolute atomic E-state index is 0.0937. The third kappa shape index (κ3) is 6.55. The van der Waals surface area contributed by atoms with E-state index >= 15 is 0 Å². The highest BCUT2D eigenvalue weighted by molar-refractivity contribution is 5.94. The molecule has 0 spiro atoms. The van der Waals surface area contributed by atoms with Crippen LogP contribution in [0.15, 0.2) is 18.2 Å². The van der Waals surface area contributed by atoms with Crippen molar-refractivity contribution in [2.24, 2.45) is 11.7 Å². The van der Waals surface area contributed by atoms with E-state index in [-0.39, 0.29) is 12.5 Å². The Morgan fingerprint density at radius 2 is 2.08 bits per heavy atom. The van der Waals surface area contributed by atoms with Gasteiger partial charge in [0.1, 0.15) is 5.82 Å². The molecule has 0 bridgehead atoms. The fourth-order valence-corrected chi connectivity index (χ4v) is 2.58. The maximum Gasteiger partial charge on any atom is 0.251 e. The van der Waals surface area contributed by atoms with Gasteiger partial charge in [-0.1, -0.05) is 13.8 Å². The second-order valence-electron chi connectivity index (χ2n) is 6.67. The molecule has 0 saturated carbocycles. The van der Waals surface area contributed by atoms with E-state index in [2.05, 4.69) is 19.2 Å². The van der Waals surface area contributed by atoms with E-state index in [1.165, 1.54) is 18.2 Å². The average Bonchev–Trinajstić information content (AvgIpc) is 2.52. The minimum atomic E-state index is -0.491. The lowest BCUT2D eigenvalue weighted by Crippen LogP contribution is -2.52. The molecule has 0 radical (unpaired) electrons. The number of halogens is 1. The zero-order valence-corrected chi connectivity index (χ0v) is 15.0. The number of ether oxygens (including phenoxy) is 2. The molecule has 0 saturated heterocycles. The first-order valence-electron chi connectivity index (χ1n) is 8.19. The maximum atomic E-state index is 13.9. The van der Waals surface area contributed by atoms with Crippen LogP contribution in [0.5, 0.6) is 0 Å². The number of benzene rings is 1. The molecular weight excluding hydrogens is 311 g/mol. The van der Waals surface area contributed by atoms with Crippen molar-refractivity contribution in [1.29, 1.82) is 0 Å². The van der Waals surface area contributed by atoms with Crippen LogP contribution in [0, 0.1) is 11.7 Å². The lowest BCUT2D eigenvalue weighted by molar-refractivity contribution is 0.0603. The SMILES string of the molecule is COCCOCc1cc(C(=O)NC(C)(CN)CC(C)C)ccc1F. The molecule has 1 amide bonds. The van der Waals surface area contributed by atoms with Gasteiger partial charge >= 0.3 is 0 Å². The highest BCUT2D eigenvalue weighted by atomic mass is 19.1. The zero-order chi connectivity index (χ0) is 18.2. The van der Waals surface area contributed by atoms with Crippen molar-refractivity contribution < 1.29 is 18.7 Å². The lowest BCUT2D eigenvalue weighted by Gasteiger charge is -2.31. The summed E-state index contributed by atoms with van der Waals surface area (Å²) >= 11 is 0. The number of methoxy groups -OCH3 is 1. The Morgan fingerprint density at radius 1 is 1.38 bits per heavy atom. The Labute approximate surface area is 143 Å². The van der Waals surface area contributed by atoms with Crippen molar-refractivity contribution in [1.82, 2.24) is 5.32 Å². The van der Waals surface area contributed by atoms with Gasteiger partial charge in [-0.2, -0.15) is 0 Å². The number of hydrogen-bond donors (Lipinski definition) is 2. The fourth-order valence-electron chi connectivity index (χ4n) is 2.58. The monoisotopic (exact) mass is 340 g/mol. The molecule has 1 rings (SSSR count). The summed E-state index contributed by atoms with van der Waals surface area (Å²) in [6.07, 6.45) is 0.767. The molecule has 1 aromatic rings. The molecule has 5 nitrogen and oxygen atoms in total. The Kier molecular flexibility index (Phi) is 8.31. The largest absolute Gasteiger partial charge is 0.382 e. The molecule has 0 aromatic heterocycles. The summed E-state index contributed by atoms with van der Waals surface area (Å²) in [5.74, 6) is -0.258. The number of hydrogen-bond acceptors (Lipinski definition) is 4. The Bertz CT molecular complexity index is 537. The summed E-state index contributed by atoms with van der Waals surface area (Å²) in [5.41, 5.74) is 6.07. The van der Waals surface area contributed by atoms with Crippen LogP contribution in [0.25, 0.3) is 0 Å². The van der Waals surface area contributed by atoms with E-state index in [1.54, 1.807) is 7.11 Å². The van der Waals surface area contributed by atoms with Gasteiger partial charge in [-0.3, -0.25) is 4.79 Å². The number of carbonyl (C=O) groups excluding carboxylic acids is 1. The minimum Gasteiger partial charge on any atom is -0.382 e. The molecule has 1 aromatic carbocycles. The summed E-state index contributed by atoms with van der Waals surface area (Å²) in [4.78, 5) is 12.5. The standard InChI is InChI=1S/C18H29FN2O3/c1-13(2)10-18(3,12-20)21-17(22)14-5-6-16(19)15(9-14)11-24-8-7-23-4/h5-6,9,13H,7-8,10-12,20H2,1-4H3,(H,21,22). The van der Waals surface area contributed by atoms with E-state index in [0.29, 0.717) is 36.8 Å². The van der Waals surface area contributed by atoms with Gasteiger partial charge in [0.25, 0.3) is 5.91 Å². The van der Waals surface area contributed by atoms with Crippen LogP contribution in [-0.2, 0) is 16.1 Å². The predicted molar refractivity (Wildman–Crippen MR) is 92.3 cm³/mol. The van der Waals surface area contributed by atoms with Crippen LogP contribution in [0.4, 0.5) is 4.39 Å². The van der Waals surface area contributed by atoms with E-state index < -0.39 is 11.4 Å². The van der Waals surface area contributed by atoms with Gasteiger partial charge in [0.15, 0.2) is 0 Å². The third-order valence-corrected chi connectivity index (χ3v) is 3.72. The van der Waals surface area contributed by atoms with Crippen molar-refractivity contribution in [3.05, 3.63) is 35.1 Å². The number of nitrogens with two attached hydrogens (primary N) is 1. The van der Waals surface area contributed by atoms with Crippen molar-refractivity contribution in [2.75, 3.05) is 26.9 Å². The molecule has 1 atom stereocenters. The maximum absolute atomic E-state index is 13.9. The van der Waals surface area contributed by atoms with Crippen LogP contribution >= 0.6 is 0 Å². The van der Waals surface area contributed by atoms with Gasteiger partial charge < -0.3 is 20.5 Å². The van der Waals surface area contributed by atoms with Crippen molar-refractivity contribution >= 4 is 5.91 Å². The molecule has 0 heterocycles. The van der Waals surface area contributed by atoms with Crippen LogP contribution in [-0.4, -0.2) is 38.3 Å². The predicted octanol–water partition coefficient (Wildman–Crippen LogP) is 2.48. The fraction of sp³-hybridized carbons (Fsp3) is 0.611. The topological polar surface area (TPSA) is 73.6 Å². The number of carbonyl (C=O) groups is 1. The Balaban J connectivity index is 2.79. The first-order valence-corrected chi connectivity index (χ1v) is 8.19. The summed E-state index contributed by atoms with van der Waals surface area (Å²) in [5, 5.41) is 2.97. The normalized spacial score (nSPS) is 13.8. The number of rotatable bonds is 10. The smallest absolute Gasteiger partial charge is 0.251 e.